The van der Waals surface area contributed by atoms with Crippen molar-refractivity contribution in [3.8, 4) is 0 Å². The second-order valence-electron chi connectivity index (χ2n) is 7.88. The zero-order chi connectivity index (χ0) is 23.3. The van der Waals surface area contributed by atoms with Crippen molar-refractivity contribution in [2.75, 3.05) is 13.2 Å². The van der Waals surface area contributed by atoms with E-state index in [1.807, 2.05) is 0 Å². The van der Waals surface area contributed by atoms with Crippen molar-refractivity contribution in [3.05, 3.63) is 34.9 Å². The average molecular weight is 466 g/mol. The molecule has 1 aromatic carbocycles. The molecule has 2 aliphatic rings. The number of hydrogen-bond donors (Lipinski definition) is 2. The van der Waals surface area contributed by atoms with Gasteiger partial charge in [-0.1, -0.05) is 17.7 Å². The van der Waals surface area contributed by atoms with Crippen molar-refractivity contribution >= 4 is 35.3 Å². The number of likely N-dealkylation sites (tertiary alicyclic amines) is 1. The molecule has 0 radical (unpaired) electrons. The van der Waals surface area contributed by atoms with Gasteiger partial charge in [0.2, 0.25) is 18.1 Å². The first kappa shape index (κ1) is 24.0. The van der Waals surface area contributed by atoms with Crippen LogP contribution in [0.25, 0.3) is 0 Å². The first-order valence-corrected chi connectivity index (χ1v) is 11.2. The molecule has 0 aliphatic carbocycles. The molecule has 3 rings (SSSR count). The fourth-order valence-electron chi connectivity index (χ4n) is 3.94. The van der Waals surface area contributed by atoms with Crippen molar-refractivity contribution in [3.63, 3.8) is 0 Å². The van der Waals surface area contributed by atoms with Crippen LogP contribution >= 0.6 is 11.6 Å². The molecule has 9 nitrogen and oxygen atoms in total. The van der Waals surface area contributed by atoms with Crippen LogP contribution in [0.5, 0.6) is 0 Å². The fourth-order valence-corrected chi connectivity index (χ4v) is 4.13. The minimum absolute atomic E-state index is 0.0170. The van der Waals surface area contributed by atoms with Crippen molar-refractivity contribution in [1.29, 1.82) is 0 Å². The number of carbonyl (C=O) groups excluding carboxylic acids is 4. The maximum atomic E-state index is 13.1. The number of carbonyl (C=O) groups is 4. The maximum Gasteiger partial charge on any atom is 0.310 e. The highest BCUT2D eigenvalue weighted by atomic mass is 35.5. The molecular weight excluding hydrogens is 438 g/mol. The van der Waals surface area contributed by atoms with Crippen LogP contribution in [-0.4, -0.2) is 66.2 Å². The van der Waals surface area contributed by atoms with E-state index in [1.165, 1.54) is 11.0 Å². The van der Waals surface area contributed by atoms with E-state index in [-0.39, 0.29) is 18.2 Å². The Balaban J connectivity index is 1.64. The van der Waals surface area contributed by atoms with Crippen LogP contribution in [-0.2, 0) is 23.9 Å². The van der Waals surface area contributed by atoms with Crippen LogP contribution in [0.2, 0.25) is 5.02 Å². The molecule has 2 heterocycles. The van der Waals surface area contributed by atoms with Gasteiger partial charge in [0.05, 0.1) is 6.42 Å². The average Bonchev–Trinajstić information content (AvgIpc) is 3.11. The number of cyclic esters (lactones) is 1. The number of amides is 3. The fraction of sp³-hybridized carbons (Fsp3) is 0.545. The molecule has 0 saturated carbocycles. The Morgan fingerprint density at radius 2 is 2.09 bits per heavy atom. The van der Waals surface area contributed by atoms with Gasteiger partial charge in [-0.05, 0) is 51.3 Å². The summed E-state index contributed by atoms with van der Waals surface area (Å²) < 4.78 is 10.5. The van der Waals surface area contributed by atoms with Gasteiger partial charge in [-0.2, -0.15) is 0 Å². The highest BCUT2D eigenvalue weighted by Gasteiger charge is 2.40. The predicted molar refractivity (Wildman–Crippen MR) is 116 cm³/mol. The van der Waals surface area contributed by atoms with Gasteiger partial charge >= 0.3 is 5.97 Å². The van der Waals surface area contributed by atoms with E-state index in [0.717, 1.165) is 12.8 Å². The molecule has 2 saturated heterocycles. The van der Waals surface area contributed by atoms with Gasteiger partial charge in [-0.25, -0.2) is 0 Å². The van der Waals surface area contributed by atoms with Crippen LogP contribution < -0.4 is 10.6 Å². The van der Waals surface area contributed by atoms with E-state index in [2.05, 4.69) is 10.6 Å². The lowest BCUT2D eigenvalue weighted by atomic mass is 9.99. The molecule has 3 amide bonds. The molecule has 0 spiro atoms. The summed E-state index contributed by atoms with van der Waals surface area (Å²) in [5.74, 6) is -1.57. The van der Waals surface area contributed by atoms with E-state index in [0.29, 0.717) is 30.2 Å². The number of nitrogens with zero attached hydrogens (tertiary/aromatic N) is 1. The van der Waals surface area contributed by atoms with Gasteiger partial charge in [-0.15, -0.1) is 0 Å². The van der Waals surface area contributed by atoms with E-state index in [1.54, 1.807) is 32.0 Å². The van der Waals surface area contributed by atoms with Gasteiger partial charge < -0.3 is 25.0 Å². The Labute approximate surface area is 191 Å². The van der Waals surface area contributed by atoms with E-state index in [9.17, 15) is 19.2 Å². The van der Waals surface area contributed by atoms with Gasteiger partial charge in [0.25, 0.3) is 5.91 Å². The van der Waals surface area contributed by atoms with E-state index < -0.39 is 36.3 Å². The summed E-state index contributed by atoms with van der Waals surface area (Å²) in [6.45, 7) is 4.10. The number of nitrogens with one attached hydrogen (secondary N) is 2. The monoisotopic (exact) mass is 465 g/mol. The summed E-state index contributed by atoms with van der Waals surface area (Å²) in [7, 11) is 0. The zero-order valence-electron chi connectivity index (χ0n) is 18.1. The quantitative estimate of drug-likeness (QED) is 0.592. The van der Waals surface area contributed by atoms with Gasteiger partial charge in [0, 0.05) is 23.7 Å². The molecule has 2 fully saturated rings. The molecule has 4 atom stereocenters. The molecule has 0 bridgehead atoms. The largest absolute Gasteiger partial charge is 0.433 e. The third kappa shape index (κ3) is 5.77. The summed E-state index contributed by atoms with van der Waals surface area (Å²) in [5.41, 5.74) is 0.345. The lowest BCUT2D eigenvalue weighted by Crippen LogP contribution is -2.58. The Morgan fingerprint density at radius 1 is 1.31 bits per heavy atom. The summed E-state index contributed by atoms with van der Waals surface area (Å²) in [6.07, 6.45) is 1.23. The first-order chi connectivity index (χ1) is 15.3. The zero-order valence-corrected chi connectivity index (χ0v) is 18.9. The second kappa shape index (κ2) is 10.8. The topological polar surface area (TPSA) is 114 Å². The summed E-state index contributed by atoms with van der Waals surface area (Å²) in [6, 6.07) is 4.31. The van der Waals surface area contributed by atoms with Gasteiger partial charge in [0.15, 0.2) is 0 Å². The number of rotatable bonds is 7. The second-order valence-corrected chi connectivity index (χ2v) is 8.32. The van der Waals surface area contributed by atoms with Crippen molar-refractivity contribution in [2.45, 2.75) is 63.9 Å². The van der Waals surface area contributed by atoms with Crippen molar-refractivity contribution in [2.24, 2.45) is 0 Å². The summed E-state index contributed by atoms with van der Waals surface area (Å²) in [4.78, 5) is 51.7. The summed E-state index contributed by atoms with van der Waals surface area (Å²) in [5, 5.41) is 5.90. The number of piperidine rings is 1. The van der Waals surface area contributed by atoms with Crippen molar-refractivity contribution < 1.29 is 28.7 Å². The smallest absolute Gasteiger partial charge is 0.310 e. The Morgan fingerprint density at radius 3 is 2.81 bits per heavy atom. The molecule has 2 unspecified atom stereocenters. The molecular formula is C22H28ClN3O6. The highest BCUT2D eigenvalue weighted by molar-refractivity contribution is 6.31. The Bertz CT molecular complexity index is 879. The molecule has 2 aliphatic heterocycles. The molecule has 0 aromatic heterocycles. The van der Waals surface area contributed by atoms with Crippen LogP contribution in [0.1, 0.15) is 49.9 Å². The minimum atomic E-state index is -0.833. The molecule has 174 valence electrons. The van der Waals surface area contributed by atoms with Crippen LogP contribution in [0.15, 0.2) is 24.3 Å². The van der Waals surface area contributed by atoms with Crippen LogP contribution in [0, 0.1) is 0 Å². The van der Waals surface area contributed by atoms with E-state index in [4.69, 9.17) is 21.1 Å². The lowest BCUT2D eigenvalue weighted by Gasteiger charge is -2.37. The van der Waals surface area contributed by atoms with Crippen molar-refractivity contribution in [1.82, 2.24) is 15.5 Å². The van der Waals surface area contributed by atoms with Gasteiger partial charge in [0.1, 0.15) is 18.1 Å². The third-order valence-electron chi connectivity index (χ3n) is 5.51. The Kier molecular flexibility index (Phi) is 8.09. The van der Waals surface area contributed by atoms with Crippen LogP contribution in [0.3, 0.4) is 0 Å². The third-order valence-corrected chi connectivity index (χ3v) is 5.75. The normalized spacial score (nSPS) is 23.9. The minimum Gasteiger partial charge on any atom is -0.433 e. The molecule has 2 N–H and O–H groups in total. The number of ether oxygens (including phenoxy) is 2. The van der Waals surface area contributed by atoms with Crippen LogP contribution in [0.4, 0.5) is 0 Å². The maximum absolute atomic E-state index is 13.1. The Hall–Kier alpha value is -2.65. The number of halogens is 1. The number of benzene rings is 1. The standard InChI is InChI=1S/C22H28ClN3O6/c1-3-31-22-16(12-18(27)32-22)25-20(29)17-9-4-5-10-26(17)21(30)13(2)24-19(28)14-7-6-8-15(23)11-14/h6-8,11,13,16-17,22H,3-5,9-10,12H2,1-2H3,(H,24,28)(H,25,29)/t13-,16?,17-,22?/m0/s1. The number of hydrogen-bond acceptors (Lipinski definition) is 6. The lowest BCUT2D eigenvalue weighted by molar-refractivity contribution is -0.164. The molecule has 1 aromatic rings. The SMILES string of the molecule is CCOC1OC(=O)CC1NC(=O)[C@@H]1CCCCN1C(=O)[C@H](C)NC(=O)c1cccc(Cl)c1. The predicted octanol–water partition coefficient (Wildman–Crippen LogP) is 1.63. The molecule has 32 heavy (non-hydrogen) atoms. The summed E-state index contributed by atoms with van der Waals surface area (Å²) >= 11 is 5.93. The van der Waals surface area contributed by atoms with E-state index >= 15 is 0 Å². The highest BCUT2D eigenvalue weighted by Crippen LogP contribution is 2.21. The molecule has 10 heteroatoms. The first-order valence-electron chi connectivity index (χ1n) is 10.8. The van der Waals surface area contributed by atoms with Gasteiger partial charge in [-0.3, -0.25) is 19.2 Å². The number of esters is 1.